The largest absolute Gasteiger partial charge is 0.396 e. The minimum absolute atomic E-state index is 0.0637. The molecule has 0 heterocycles. The van der Waals surface area contributed by atoms with Crippen molar-refractivity contribution in [2.24, 2.45) is 15.3 Å². The van der Waals surface area contributed by atoms with Crippen LogP contribution in [0.2, 0.25) is 0 Å². The first-order chi connectivity index (χ1) is 16.6. The molecule has 0 aliphatic heterocycles. The summed E-state index contributed by atoms with van der Waals surface area (Å²) in [7, 11) is -4.80. The number of nitrogens with two attached hydrogens (primary N) is 1. The minimum Gasteiger partial charge on any atom is -0.396 e. The number of anilines is 2. The fourth-order valence-corrected chi connectivity index (χ4v) is 3.87. The maximum atomic E-state index is 13.2. The van der Waals surface area contributed by atoms with Crippen molar-refractivity contribution in [3.8, 4) is 0 Å². The molecule has 4 N–H and O–H groups in total. The molecule has 0 saturated carbocycles. The molecule has 12 nitrogen and oxygen atoms in total. The second-order valence-electron chi connectivity index (χ2n) is 7.19. The molecule has 0 unspecified atom stereocenters. The van der Waals surface area contributed by atoms with Gasteiger partial charge in [0.25, 0.3) is 15.8 Å². The Labute approximate surface area is 198 Å². The predicted octanol–water partition coefficient (Wildman–Crippen LogP) is 4.49. The lowest BCUT2D eigenvalue weighted by Gasteiger charge is -2.18. The van der Waals surface area contributed by atoms with Crippen LogP contribution >= 0.6 is 0 Å². The standard InChI is InChI=1S/C22H16N6O6S/c23-20-17(26-24-15-7-9-16(10-8-15)28(30)31)11-6-13-12-18(35(32,33)34)21(22(29)19(13)20)27-25-14-4-2-1-3-5-14/h1-12,25H,23H2,(H,32,33,34)/b26-24+,27-21-. The fourth-order valence-electron chi connectivity index (χ4n) is 3.21. The van der Waals surface area contributed by atoms with Crippen molar-refractivity contribution in [1.82, 2.24) is 0 Å². The molecule has 3 aromatic carbocycles. The zero-order valence-corrected chi connectivity index (χ0v) is 18.5. The Kier molecular flexibility index (Phi) is 6.18. The van der Waals surface area contributed by atoms with E-state index in [9.17, 15) is 27.9 Å². The van der Waals surface area contributed by atoms with E-state index in [0.29, 0.717) is 11.4 Å². The summed E-state index contributed by atoms with van der Waals surface area (Å²) in [5, 5.41) is 22.7. The summed E-state index contributed by atoms with van der Waals surface area (Å²) in [5.74, 6) is -0.844. The van der Waals surface area contributed by atoms with Gasteiger partial charge in [-0.05, 0) is 42.0 Å². The number of azo groups is 1. The van der Waals surface area contributed by atoms with Crippen molar-refractivity contribution in [2.45, 2.75) is 0 Å². The van der Waals surface area contributed by atoms with Crippen molar-refractivity contribution in [1.29, 1.82) is 0 Å². The number of hydrogen-bond acceptors (Lipinski definition) is 10. The lowest BCUT2D eigenvalue weighted by molar-refractivity contribution is -0.384. The molecule has 35 heavy (non-hydrogen) atoms. The van der Waals surface area contributed by atoms with Crippen molar-refractivity contribution < 1.29 is 22.7 Å². The van der Waals surface area contributed by atoms with Gasteiger partial charge in [0.05, 0.1) is 27.5 Å². The van der Waals surface area contributed by atoms with E-state index in [1.54, 1.807) is 30.3 Å². The summed E-state index contributed by atoms with van der Waals surface area (Å²) in [6.45, 7) is 0. The van der Waals surface area contributed by atoms with E-state index in [-0.39, 0.29) is 28.2 Å². The number of nitro groups is 1. The Bertz CT molecular complexity index is 1530. The number of carbonyl (C=O) groups excluding carboxylic acids is 1. The van der Waals surface area contributed by atoms with Gasteiger partial charge in [-0.3, -0.25) is 24.9 Å². The Morgan fingerprint density at radius 2 is 1.66 bits per heavy atom. The number of para-hydroxylation sites is 1. The lowest BCUT2D eigenvalue weighted by atomic mass is 9.92. The highest BCUT2D eigenvalue weighted by molar-refractivity contribution is 7.91. The molecular formula is C22H16N6O6S. The highest BCUT2D eigenvalue weighted by Gasteiger charge is 2.34. The topological polar surface area (TPSA) is 190 Å². The summed E-state index contributed by atoms with van der Waals surface area (Å²) in [6.07, 6.45) is 1.09. The number of benzene rings is 3. The van der Waals surface area contributed by atoms with Crippen LogP contribution < -0.4 is 11.2 Å². The second kappa shape index (κ2) is 9.24. The van der Waals surface area contributed by atoms with Gasteiger partial charge in [-0.25, -0.2) is 0 Å². The van der Waals surface area contributed by atoms with Gasteiger partial charge in [0, 0.05) is 12.1 Å². The third-order valence-corrected chi connectivity index (χ3v) is 5.77. The zero-order valence-electron chi connectivity index (χ0n) is 17.7. The summed E-state index contributed by atoms with van der Waals surface area (Å²) in [6, 6.07) is 16.6. The van der Waals surface area contributed by atoms with E-state index in [4.69, 9.17) is 5.73 Å². The molecule has 0 aromatic heterocycles. The summed E-state index contributed by atoms with van der Waals surface area (Å²) in [5.41, 5.74) is 8.98. The third kappa shape index (κ3) is 4.95. The number of ketones is 1. The van der Waals surface area contributed by atoms with Gasteiger partial charge in [-0.15, -0.1) is 5.11 Å². The number of nitro benzene ring substituents is 1. The molecule has 0 spiro atoms. The van der Waals surface area contributed by atoms with Crippen LogP contribution in [0.1, 0.15) is 15.9 Å². The number of nitrogens with zero attached hydrogens (tertiary/aromatic N) is 4. The maximum Gasteiger partial charge on any atom is 0.296 e. The van der Waals surface area contributed by atoms with Crippen LogP contribution in [-0.4, -0.2) is 29.4 Å². The predicted molar refractivity (Wildman–Crippen MR) is 129 cm³/mol. The summed E-state index contributed by atoms with van der Waals surface area (Å²) < 4.78 is 33.6. The second-order valence-corrected chi connectivity index (χ2v) is 8.58. The Morgan fingerprint density at radius 1 is 0.971 bits per heavy atom. The fraction of sp³-hybridized carbons (Fsp3) is 0. The van der Waals surface area contributed by atoms with Gasteiger partial charge in [0.2, 0.25) is 5.78 Å². The Balaban J connectivity index is 1.73. The van der Waals surface area contributed by atoms with Gasteiger partial charge in [-0.2, -0.15) is 18.6 Å². The highest BCUT2D eigenvalue weighted by atomic mass is 32.2. The summed E-state index contributed by atoms with van der Waals surface area (Å²) in [4.78, 5) is 22.8. The SMILES string of the molecule is Nc1c(/N=N/c2ccc([N+](=O)[O-])cc2)ccc2c1C(=O)/C(=N\Nc1ccccc1)C(S(=O)(=O)O)=C2. The Morgan fingerprint density at radius 3 is 2.29 bits per heavy atom. The smallest absolute Gasteiger partial charge is 0.296 e. The number of rotatable bonds is 6. The van der Waals surface area contributed by atoms with E-state index in [2.05, 4.69) is 20.8 Å². The molecule has 4 rings (SSSR count). The van der Waals surface area contributed by atoms with Crippen molar-refractivity contribution >= 4 is 56.1 Å². The van der Waals surface area contributed by atoms with Crippen LogP contribution in [0.4, 0.5) is 28.4 Å². The number of hydrogen-bond donors (Lipinski definition) is 3. The lowest BCUT2D eigenvalue weighted by Crippen LogP contribution is -2.28. The van der Waals surface area contributed by atoms with Crippen LogP contribution in [0.25, 0.3) is 6.08 Å². The van der Waals surface area contributed by atoms with Gasteiger partial charge < -0.3 is 5.73 Å². The number of non-ortho nitro benzene ring substituents is 1. The number of nitrogens with one attached hydrogen (secondary N) is 1. The molecule has 0 saturated heterocycles. The van der Waals surface area contributed by atoms with Crippen LogP contribution in [0, 0.1) is 10.1 Å². The van der Waals surface area contributed by atoms with E-state index in [0.717, 1.165) is 6.08 Å². The van der Waals surface area contributed by atoms with E-state index < -0.39 is 31.4 Å². The first-order valence-corrected chi connectivity index (χ1v) is 11.3. The van der Waals surface area contributed by atoms with Crippen LogP contribution in [0.15, 0.2) is 87.0 Å². The molecule has 3 aromatic rings. The molecule has 0 radical (unpaired) electrons. The quantitative estimate of drug-likeness (QED) is 0.147. The van der Waals surface area contributed by atoms with Crippen LogP contribution in [0.3, 0.4) is 0 Å². The first-order valence-electron chi connectivity index (χ1n) is 9.87. The van der Waals surface area contributed by atoms with Gasteiger partial charge in [0.1, 0.15) is 10.6 Å². The molecule has 0 fully saturated rings. The van der Waals surface area contributed by atoms with E-state index in [1.165, 1.54) is 36.4 Å². The monoisotopic (exact) mass is 492 g/mol. The number of hydrazone groups is 1. The normalized spacial score (nSPS) is 14.6. The molecule has 176 valence electrons. The zero-order chi connectivity index (χ0) is 25.2. The molecule has 0 bridgehead atoms. The minimum atomic E-state index is -4.80. The molecule has 1 aliphatic rings. The average molecular weight is 492 g/mol. The third-order valence-electron chi connectivity index (χ3n) is 4.90. The van der Waals surface area contributed by atoms with Crippen molar-refractivity contribution in [3.05, 3.63) is 92.9 Å². The number of fused-ring (bicyclic) bond motifs is 1. The van der Waals surface area contributed by atoms with Gasteiger partial charge in [0.15, 0.2) is 5.71 Å². The summed E-state index contributed by atoms with van der Waals surface area (Å²) >= 11 is 0. The molecule has 0 amide bonds. The van der Waals surface area contributed by atoms with Crippen molar-refractivity contribution in [2.75, 3.05) is 11.2 Å². The van der Waals surface area contributed by atoms with E-state index in [1.807, 2.05) is 0 Å². The number of nitrogen functional groups attached to an aromatic ring is 1. The van der Waals surface area contributed by atoms with Crippen LogP contribution in [0.5, 0.6) is 0 Å². The van der Waals surface area contributed by atoms with Gasteiger partial charge in [-0.1, -0.05) is 24.3 Å². The highest BCUT2D eigenvalue weighted by Crippen LogP contribution is 2.36. The van der Waals surface area contributed by atoms with Gasteiger partial charge >= 0.3 is 0 Å². The average Bonchev–Trinajstić information content (AvgIpc) is 2.83. The molecule has 1 aliphatic carbocycles. The number of Topliss-reactive ketones (excluding diaryl/α,β-unsaturated/α-hetero) is 1. The van der Waals surface area contributed by atoms with E-state index >= 15 is 0 Å². The molecular weight excluding hydrogens is 476 g/mol. The Hall–Kier alpha value is -4.75. The number of carbonyl (C=O) groups is 1. The maximum absolute atomic E-state index is 13.2. The molecule has 13 heteroatoms. The first kappa shape index (κ1) is 23.4. The van der Waals surface area contributed by atoms with Crippen LogP contribution in [-0.2, 0) is 10.1 Å². The number of allylic oxidation sites excluding steroid dienone is 1. The van der Waals surface area contributed by atoms with Crippen molar-refractivity contribution in [3.63, 3.8) is 0 Å². The molecule has 0 atom stereocenters.